The Morgan fingerprint density at radius 2 is 2.40 bits per heavy atom. The first kappa shape index (κ1) is 10.0. The predicted molar refractivity (Wildman–Crippen MR) is 59.2 cm³/mol. The number of fused-ring (bicyclic) bond motifs is 1. The molecule has 0 radical (unpaired) electrons. The van der Waals surface area contributed by atoms with Gasteiger partial charge in [0.2, 0.25) is 0 Å². The first-order valence-electron chi connectivity index (χ1n) is 5.23. The van der Waals surface area contributed by atoms with Gasteiger partial charge < -0.3 is 10.4 Å². The van der Waals surface area contributed by atoms with Crippen molar-refractivity contribution in [1.29, 1.82) is 0 Å². The van der Waals surface area contributed by atoms with Crippen LogP contribution in [0.25, 0.3) is 0 Å². The van der Waals surface area contributed by atoms with E-state index in [9.17, 15) is 4.79 Å². The van der Waals surface area contributed by atoms with Crippen LogP contribution < -0.4 is 5.32 Å². The van der Waals surface area contributed by atoms with Crippen molar-refractivity contribution in [3.63, 3.8) is 0 Å². The smallest absolute Gasteiger partial charge is 0.305 e. The topological polar surface area (TPSA) is 49.3 Å². The van der Waals surface area contributed by atoms with Gasteiger partial charge in [-0.05, 0) is 31.4 Å². The monoisotopic (exact) mass is 205 g/mol. The van der Waals surface area contributed by atoms with Gasteiger partial charge in [0.25, 0.3) is 0 Å². The van der Waals surface area contributed by atoms with Gasteiger partial charge in [0, 0.05) is 11.7 Å². The summed E-state index contributed by atoms with van der Waals surface area (Å²) in [5.41, 5.74) is 3.65. The molecule has 0 aromatic heterocycles. The highest BCUT2D eigenvalue weighted by molar-refractivity contribution is 5.69. The Hall–Kier alpha value is -1.51. The van der Waals surface area contributed by atoms with E-state index >= 15 is 0 Å². The third-order valence-corrected chi connectivity index (χ3v) is 2.80. The zero-order valence-electron chi connectivity index (χ0n) is 8.79. The van der Waals surface area contributed by atoms with E-state index in [1.165, 1.54) is 11.1 Å². The maximum Gasteiger partial charge on any atom is 0.305 e. The van der Waals surface area contributed by atoms with Gasteiger partial charge in [-0.15, -0.1) is 0 Å². The molecule has 0 saturated heterocycles. The lowest BCUT2D eigenvalue weighted by Crippen LogP contribution is -2.27. The number of carbonyl (C=O) groups is 1. The minimum Gasteiger partial charge on any atom is -0.481 e. The molecule has 0 bridgehead atoms. The standard InChI is InChI=1S/C12H15NO2/c1-8-2-5-11-9(6-8)3-4-10(13-11)7-12(14)15/h2,5-6,10,13H,3-4,7H2,1H3,(H,14,15). The van der Waals surface area contributed by atoms with E-state index in [4.69, 9.17) is 5.11 Å². The van der Waals surface area contributed by atoms with Crippen molar-refractivity contribution in [2.75, 3.05) is 5.32 Å². The quantitative estimate of drug-likeness (QED) is 0.778. The minimum atomic E-state index is -0.733. The summed E-state index contributed by atoms with van der Waals surface area (Å²) < 4.78 is 0. The molecule has 0 aliphatic carbocycles. The van der Waals surface area contributed by atoms with Crippen molar-refractivity contribution in [1.82, 2.24) is 0 Å². The molecule has 3 heteroatoms. The molecule has 0 spiro atoms. The Balaban J connectivity index is 2.13. The average molecular weight is 205 g/mol. The third kappa shape index (κ3) is 2.29. The van der Waals surface area contributed by atoms with Crippen LogP contribution in [0, 0.1) is 6.92 Å². The van der Waals surface area contributed by atoms with E-state index in [0.717, 1.165) is 18.5 Å². The summed E-state index contributed by atoms with van der Waals surface area (Å²) in [4.78, 5) is 10.6. The van der Waals surface area contributed by atoms with Crippen molar-refractivity contribution in [2.45, 2.75) is 32.2 Å². The Bertz CT molecular complexity index is 387. The summed E-state index contributed by atoms with van der Waals surface area (Å²) in [5.74, 6) is -0.733. The number of nitrogens with one attached hydrogen (secondary N) is 1. The summed E-state index contributed by atoms with van der Waals surface area (Å²) in [5, 5.41) is 12.0. The van der Waals surface area contributed by atoms with Crippen LogP contribution in [0.5, 0.6) is 0 Å². The number of benzene rings is 1. The van der Waals surface area contributed by atoms with E-state index < -0.39 is 5.97 Å². The molecule has 0 amide bonds. The zero-order chi connectivity index (χ0) is 10.8. The van der Waals surface area contributed by atoms with Crippen molar-refractivity contribution in [3.8, 4) is 0 Å². The average Bonchev–Trinajstić information content (AvgIpc) is 2.17. The zero-order valence-corrected chi connectivity index (χ0v) is 8.79. The van der Waals surface area contributed by atoms with E-state index in [0.29, 0.717) is 0 Å². The first-order valence-corrected chi connectivity index (χ1v) is 5.23. The van der Waals surface area contributed by atoms with Gasteiger partial charge in [0.05, 0.1) is 6.42 Å². The van der Waals surface area contributed by atoms with Crippen LogP contribution in [-0.2, 0) is 11.2 Å². The van der Waals surface area contributed by atoms with Gasteiger partial charge in [-0.25, -0.2) is 0 Å². The molecule has 1 aliphatic rings. The van der Waals surface area contributed by atoms with Gasteiger partial charge in [-0.1, -0.05) is 17.7 Å². The van der Waals surface area contributed by atoms with Crippen LogP contribution in [0.15, 0.2) is 18.2 Å². The van der Waals surface area contributed by atoms with Crippen molar-refractivity contribution < 1.29 is 9.90 Å². The molecule has 1 unspecified atom stereocenters. The Labute approximate surface area is 89.1 Å². The number of carboxylic acid groups (broad SMARTS) is 1. The van der Waals surface area contributed by atoms with Gasteiger partial charge in [0.1, 0.15) is 0 Å². The van der Waals surface area contributed by atoms with E-state index in [-0.39, 0.29) is 12.5 Å². The maximum atomic E-state index is 10.6. The number of anilines is 1. The van der Waals surface area contributed by atoms with Crippen LogP contribution in [0.1, 0.15) is 24.0 Å². The van der Waals surface area contributed by atoms with Gasteiger partial charge >= 0.3 is 5.97 Å². The second-order valence-corrected chi connectivity index (χ2v) is 4.14. The molecular formula is C12H15NO2. The lowest BCUT2D eigenvalue weighted by Gasteiger charge is -2.26. The van der Waals surface area contributed by atoms with Crippen LogP contribution in [0.3, 0.4) is 0 Å². The highest BCUT2D eigenvalue weighted by atomic mass is 16.4. The number of hydrogen-bond acceptors (Lipinski definition) is 2. The molecular weight excluding hydrogens is 190 g/mol. The Morgan fingerprint density at radius 1 is 1.60 bits per heavy atom. The van der Waals surface area contributed by atoms with Crippen molar-refractivity contribution in [3.05, 3.63) is 29.3 Å². The molecule has 2 N–H and O–H groups in total. The third-order valence-electron chi connectivity index (χ3n) is 2.80. The fourth-order valence-corrected chi connectivity index (χ4v) is 2.06. The van der Waals surface area contributed by atoms with E-state index in [1.807, 2.05) is 6.07 Å². The highest BCUT2D eigenvalue weighted by Crippen LogP contribution is 2.26. The van der Waals surface area contributed by atoms with E-state index in [2.05, 4.69) is 24.4 Å². The van der Waals surface area contributed by atoms with E-state index in [1.54, 1.807) is 0 Å². The van der Waals surface area contributed by atoms with Crippen LogP contribution >= 0.6 is 0 Å². The van der Waals surface area contributed by atoms with Crippen molar-refractivity contribution in [2.24, 2.45) is 0 Å². The molecule has 0 saturated carbocycles. The first-order chi connectivity index (χ1) is 7.15. The summed E-state index contributed by atoms with van der Waals surface area (Å²) in [6.45, 7) is 2.07. The summed E-state index contributed by atoms with van der Waals surface area (Å²) >= 11 is 0. The summed E-state index contributed by atoms with van der Waals surface area (Å²) in [6.07, 6.45) is 2.08. The largest absolute Gasteiger partial charge is 0.481 e. The second kappa shape index (κ2) is 3.93. The Morgan fingerprint density at radius 3 is 3.13 bits per heavy atom. The lowest BCUT2D eigenvalue weighted by molar-refractivity contribution is -0.137. The number of carboxylic acids is 1. The molecule has 1 atom stereocenters. The number of hydrogen-bond donors (Lipinski definition) is 2. The SMILES string of the molecule is Cc1ccc2c(c1)CCC(CC(=O)O)N2. The molecule has 15 heavy (non-hydrogen) atoms. The highest BCUT2D eigenvalue weighted by Gasteiger charge is 2.19. The number of rotatable bonds is 2. The fourth-order valence-electron chi connectivity index (χ4n) is 2.06. The summed E-state index contributed by atoms with van der Waals surface area (Å²) in [6, 6.07) is 6.34. The minimum absolute atomic E-state index is 0.0812. The molecule has 1 aromatic carbocycles. The van der Waals surface area contributed by atoms with Gasteiger partial charge in [-0.2, -0.15) is 0 Å². The molecule has 1 aliphatic heterocycles. The fraction of sp³-hybridized carbons (Fsp3) is 0.417. The normalized spacial score (nSPS) is 19.1. The molecule has 80 valence electrons. The predicted octanol–water partition coefficient (Wildman–Crippen LogP) is 2.20. The molecule has 1 heterocycles. The molecule has 1 aromatic rings. The summed E-state index contributed by atoms with van der Waals surface area (Å²) in [7, 11) is 0. The molecule has 2 rings (SSSR count). The van der Waals surface area contributed by atoms with Crippen molar-refractivity contribution >= 4 is 11.7 Å². The Kier molecular flexibility index (Phi) is 2.62. The van der Waals surface area contributed by atoms with Gasteiger partial charge in [0.15, 0.2) is 0 Å². The molecule has 3 nitrogen and oxygen atoms in total. The number of aliphatic carboxylic acids is 1. The lowest BCUT2D eigenvalue weighted by atomic mass is 9.95. The van der Waals surface area contributed by atoms with Gasteiger partial charge in [-0.3, -0.25) is 4.79 Å². The number of aryl methyl sites for hydroxylation is 2. The van der Waals surface area contributed by atoms with Crippen LogP contribution in [-0.4, -0.2) is 17.1 Å². The second-order valence-electron chi connectivity index (χ2n) is 4.14. The molecule has 0 fully saturated rings. The van der Waals surface area contributed by atoms with Crippen LogP contribution in [0.4, 0.5) is 5.69 Å². The van der Waals surface area contributed by atoms with Crippen LogP contribution in [0.2, 0.25) is 0 Å². The maximum absolute atomic E-state index is 10.6.